The smallest absolute Gasteiger partial charge is 0.191 e. The topological polar surface area (TPSA) is 56.7 Å². The zero-order chi connectivity index (χ0) is 18.2. The predicted molar refractivity (Wildman–Crippen MR) is 124 cm³/mol. The molecule has 0 amide bonds. The van der Waals surface area contributed by atoms with Crippen molar-refractivity contribution in [2.45, 2.75) is 12.5 Å². The molecule has 142 valence electrons. The molecule has 0 aliphatic heterocycles. The Bertz CT molecular complexity index is 862. The number of benzene rings is 3. The van der Waals surface area contributed by atoms with Gasteiger partial charge in [0.25, 0.3) is 0 Å². The average molecular weight is 475 g/mol. The minimum atomic E-state index is 0. The number of guanidine groups is 1. The molecule has 1 atom stereocenters. The Balaban J connectivity index is 0.00000261. The summed E-state index contributed by atoms with van der Waals surface area (Å²) in [6, 6.07) is 24.7. The normalized spacial score (nSPS) is 12.3. The van der Waals surface area contributed by atoms with Gasteiger partial charge in [-0.1, -0.05) is 72.8 Å². The van der Waals surface area contributed by atoms with Crippen molar-refractivity contribution in [1.29, 1.82) is 0 Å². The van der Waals surface area contributed by atoms with Gasteiger partial charge in [-0.15, -0.1) is 24.0 Å². The van der Waals surface area contributed by atoms with Crippen LogP contribution >= 0.6 is 24.0 Å². The Morgan fingerprint density at radius 3 is 2.37 bits per heavy atom. The van der Waals surface area contributed by atoms with Crippen LogP contribution in [-0.4, -0.2) is 31.3 Å². The maximum Gasteiger partial charge on any atom is 0.191 e. The van der Waals surface area contributed by atoms with Gasteiger partial charge in [-0.2, -0.15) is 0 Å². The highest BCUT2D eigenvalue weighted by atomic mass is 127. The van der Waals surface area contributed by atoms with Gasteiger partial charge in [0.05, 0.1) is 6.61 Å². The van der Waals surface area contributed by atoms with E-state index in [-0.39, 0.29) is 36.5 Å². The van der Waals surface area contributed by atoms with E-state index in [1.54, 1.807) is 7.05 Å². The Morgan fingerprint density at radius 1 is 0.926 bits per heavy atom. The molecule has 5 heteroatoms. The second kappa shape index (κ2) is 10.9. The molecule has 0 spiro atoms. The average Bonchev–Trinajstić information content (AvgIpc) is 2.71. The molecule has 0 aliphatic rings. The molecular weight excluding hydrogens is 449 g/mol. The fraction of sp³-hybridized carbons (Fsp3) is 0.227. The molecule has 1 unspecified atom stereocenters. The van der Waals surface area contributed by atoms with Gasteiger partial charge in [0.15, 0.2) is 5.96 Å². The van der Waals surface area contributed by atoms with E-state index >= 15 is 0 Å². The third kappa shape index (κ3) is 5.68. The lowest BCUT2D eigenvalue weighted by Gasteiger charge is -2.18. The van der Waals surface area contributed by atoms with Crippen LogP contribution in [0.15, 0.2) is 77.8 Å². The first-order chi connectivity index (χ1) is 12.8. The third-order valence-electron chi connectivity index (χ3n) is 4.56. The second-order valence-electron chi connectivity index (χ2n) is 6.24. The first kappa shape index (κ1) is 21.2. The molecular formula is C22H26IN3O. The molecule has 0 saturated carbocycles. The molecule has 0 aromatic heterocycles. The third-order valence-corrected chi connectivity index (χ3v) is 4.56. The van der Waals surface area contributed by atoms with Crippen LogP contribution in [0.4, 0.5) is 0 Å². The Morgan fingerprint density at radius 2 is 1.63 bits per heavy atom. The highest BCUT2D eigenvalue weighted by molar-refractivity contribution is 14.0. The number of rotatable bonds is 6. The van der Waals surface area contributed by atoms with Gasteiger partial charge >= 0.3 is 0 Å². The minimum absolute atomic E-state index is 0. The molecule has 0 saturated heterocycles. The monoisotopic (exact) mass is 475 g/mol. The number of fused-ring (bicyclic) bond motifs is 1. The summed E-state index contributed by atoms with van der Waals surface area (Å²) < 4.78 is 0. The van der Waals surface area contributed by atoms with Crippen molar-refractivity contribution in [3.8, 4) is 0 Å². The summed E-state index contributed by atoms with van der Waals surface area (Å²) in [5, 5.41) is 18.9. The molecule has 0 bridgehead atoms. The molecule has 0 radical (unpaired) electrons. The van der Waals surface area contributed by atoms with Crippen LogP contribution in [0.2, 0.25) is 0 Å². The summed E-state index contributed by atoms with van der Waals surface area (Å²) in [7, 11) is 1.76. The van der Waals surface area contributed by atoms with Crippen LogP contribution in [0.1, 0.15) is 17.0 Å². The van der Waals surface area contributed by atoms with Gasteiger partial charge in [-0.05, 0) is 21.9 Å². The fourth-order valence-corrected chi connectivity index (χ4v) is 3.08. The largest absolute Gasteiger partial charge is 0.396 e. The number of hydrogen-bond donors (Lipinski definition) is 3. The van der Waals surface area contributed by atoms with E-state index in [1.165, 1.54) is 16.3 Å². The van der Waals surface area contributed by atoms with E-state index in [9.17, 15) is 5.11 Å². The van der Waals surface area contributed by atoms with Crippen LogP contribution in [0.25, 0.3) is 10.8 Å². The van der Waals surface area contributed by atoms with Gasteiger partial charge in [-0.25, -0.2) is 0 Å². The summed E-state index contributed by atoms with van der Waals surface area (Å²) in [6.07, 6.45) is 0. The Labute approximate surface area is 177 Å². The van der Waals surface area contributed by atoms with Crippen molar-refractivity contribution in [3.05, 3.63) is 83.9 Å². The summed E-state index contributed by atoms with van der Waals surface area (Å²) in [4.78, 5) is 4.30. The quantitative estimate of drug-likeness (QED) is 0.288. The molecule has 3 aromatic carbocycles. The molecule has 3 N–H and O–H groups in total. The maximum absolute atomic E-state index is 9.69. The molecule has 3 rings (SSSR count). The van der Waals surface area contributed by atoms with Gasteiger partial charge in [0.2, 0.25) is 0 Å². The van der Waals surface area contributed by atoms with Gasteiger partial charge in [0.1, 0.15) is 0 Å². The molecule has 0 fully saturated rings. The highest BCUT2D eigenvalue weighted by Crippen LogP contribution is 2.18. The van der Waals surface area contributed by atoms with Crippen LogP contribution in [0.5, 0.6) is 0 Å². The molecule has 27 heavy (non-hydrogen) atoms. The lowest BCUT2D eigenvalue weighted by molar-refractivity contribution is 0.265. The number of halogens is 1. The van der Waals surface area contributed by atoms with Crippen molar-refractivity contribution in [2.24, 2.45) is 4.99 Å². The lowest BCUT2D eigenvalue weighted by Crippen LogP contribution is -2.39. The number of aliphatic hydroxyl groups excluding tert-OH is 1. The van der Waals surface area contributed by atoms with Crippen molar-refractivity contribution in [2.75, 3.05) is 20.2 Å². The van der Waals surface area contributed by atoms with E-state index in [4.69, 9.17) is 0 Å². The molecule has 0 aliphatic carbocycles. The zero-order valence-electron chi connectivity index (χ0n) is 15.4. The summed E-state index contributed by atoms with van der Waals surface area (Å²) in [5.74, 6) is 0.764. The van der Waals surface area contributed by atoms with E-state index in [2.05, 4.69) is 58.1 Å². The Hall–Kier alpha value is -2.12. The van der Waals surface area contributed by atoms with Crippen LogP contribution in [-0.2, 0) is 6.54 Å². The van der Waals surface area contributed by atoms with Crippen LogP contribution in [0, 0.1) is 0 Å². The summed E-state index contributed by atoms with van der Waals surface area (Å²) >= 11 is 0. The first-order valence-corrected chi connectivity index (χ1v) is 8.88. The molecule has 4 nitrogen and oxygen atoms in total. The van der Waals surface area contributed by atoms with E-state index < -0.39 is 0 Å². The van der Waals surface area contributed by atoms with Gasteiger partial charge in [-0.3, -0.25) is 4.99 Å². The van der Waals surface area contributed by atoms with Crippen molar-refractivity contribution >= 4 is 40.7 Å². The first-order valence-electron chi connectivity index (χ1n) is 8.88. The van der Waals surface area contributed by atoms with Crippen molar-refractivity contribution in [3.63, 3.8) is 0 Å². The number of aliphatic imine (C=N–C) groups is 1. The molecule has 3 aromatic rings. The highest BCUT2D eigenvalue weighted by Gasteiger charge is 2.11. The fourth-order valence-electron chi connectivity index (χ4n) is 3.08. The van der Waals surface area contributed by atoms with E-state index in [1.807, 2.05) is 30.3 Å². The van der Waals surface area contributed by atoms with Crippen LogP contribution in [0.3, 0.4) is 0 Å². The van der Waals surface area contributed by atoms with Gasteiger partial charge in [0, 0.05) is 26.1 Å². The van der Waals surface area contributed by atoms with Crippen molar-refractivity contribution < 1.29 is 5.11 Å². The predicted octanol–water partition coefficient (Wildman–Crippen LogP) is 3.90. The standard InChI is InChI=1S/C22H25N3O.HI/c1-23-22(25-15-20(16-26)17-8-3-2-4-9-17)24-14-19-12-7-11-18-10-5-6-13-21(18)19;/h2-13,20,26H,14-16H2,1H3,(H2,23,24,25);1H. The minimum Gasteiger partial charge on any atom is -0.396 e. The van der Waals surface area contributed by atoms with Crippen molar-refractivity contribution in [1.82, 2.24) is 10.6 Å². The van der Waals surface area contributed by atoms with Crippen LogP contribution < -0.4 is 10.6 Å². The lowest BCUT2D eigenvalue weighted by atomic mass is 10.0. The van der Waals surface area contributed by atoms with E-state index in [0.29, 0.717) is 13.1 Å². The second-order valence-corrected chi connectivity index (χ2v) is 6.24. The number of nitrogens with zero attached hydrogens (tertiary/aromatic N) is 1. The maximum atomic E-state index is 9.69. The number of nitrogens with one attached hydrogen (secondary N) is 2. The number of hydrogen-bond acceptors (Lipinski definition) is 2. The van der Waals surface area contributed by atoms with E-state index in [0.717, 1.165) is 11.5 Å². The summed E-state index contributed by atoms with van der Waals surface area (Å²) in [5.41, 5.74) is 2.35. The Kier molecular flexibility index (Phi) is 8.54. The number of aliphatic hydroxyl groups is 1. The molecule has 0 heterocycles. The zero-order valence-corrected chi connectivity index (χ0v) is 17.8. The summed E-state index contributed by atoms with van der Waals surface area (Å²) in [6.45, 7) is 1.41. The van der Waals surface area contributed by atoms with Gasteiger partial charge < -0.3 is 15.7 Å². The SMILES string of the molecule is CN=C(NCc1cccc2ccccc12)NCC(CO)c1ccccc1.I.